The molecule has 4 rings (SSSR count). The average Bonchev–Trinajstić information content (AvgIpc) is 2.68. The van der Waals surface area contributed by atoms with E-state index in [0.29, 0.717) is 5.56 Å². The molecule has 0 spiro atoms. The normalized spacial score (nSPS) is 10.7. The lowest BCUT2D eigenvalue weighted by molar-refractivity contribution is 0.102. The summed E-state index contributed by atoms with van der Waals surface area (Å²) >= 11 is 0. The Labute approximate surface area is 152 Å². The Morgan fingerprint density at radius 2 is 1.54 bits per heavy atom. The fourth-order valence-corrected chi connectivity index (χ4v) is 3.05. The summed E-state index contributed by atoms with van der Waals surface area (Å²) < 4.78 is 0. The van der Waals surface area contributed by atoms with Crippen LogP contribution in [0.15, 0.2) is 85.1 Å². The maximum absolute atomic E-state index is 13.2. The Kier molecular flexibility index (Phi) is 4.20. The largest absolute Gasteiger partial charge is 0.322 e. The molecule has 0 radical (unpaired) electrons. The molecule has 1 N–H and O–H groups in total. The van der Waals surface area contributed by atoms with Gasteiger partial charge in [-0.1, -0.05) is 66.2 Å². The van der Waals surface area contributed by atoms with Gasteiger partial charge in [-0.05, 0) is 30.7 Å². The van der Waals surface area contributed by atoms with E-state index in [1.165, 1.54) is 5.56 Å². The Morgan fingerprint density at radius 3 is 2.31 bits per heavy atom. The standard InChI is InChI=1S/C23H18N2O/c1-16-11-13-17(14-12-16)20-15-24-21-10-6-5-9-19(21)22(20)23(26)25-18-7-3-2-4-8-18/h2-15H,1H3,(H,25,26). The highest BCUT2D eigenvalue weighted by molar-refractivity contribution is 6.16. The van der Waals surface area contributed by atoms with Gasteiger partial charge in [-0.2, -0.15) is 0 Å². The zero-order valence-electron chi connectivity index (χ0n) is 14.4. The highest BCUT2D eigenvalue weighted by Crippen LogP contribution is 2.30. The van der Waals surface area contributed by atoms with Gasteiger partial charge in [0.15, 0.2) is 0 Å². The highest BCUT2D eigenvalue weighted by Gasteiger charge is 2.17. The molecule has 0 atom stereocenters. The minimum atomic E-state index is -0.134. The predicted molar refractivity (Wildman–Crippen MR) is 106 cm³/mol. The van der Waals surface area contributed by atoms with Crippen LogP contribution in [0.5, 0.6) is 0 Å². The maximum Gasteiger partial charge on any atom is 0.257 e. The molecule has 0 aliphatic rings. The minimum Gasteiger partial charge on any atom is -0.322 e. The van der Waals surface area contributed by atoms with Crippen molar-refractivity contribution in [1.82, 2.24) is 4.98 Å². The molecule has 4 aromatic rings. The molecule has 0 aliphatic carbocycles. The Hall–Kier alpha value is -3.46. The van der Waals surface area contributed by atoms with Gasteiger partial charge < -0.3 is 5.32 Å². The molecule has 0 bridgehead atoms. The molecule has 0 saturated heterocycles. The molecule has 0 unspecified atom stereocenters. The van der Waals surface area contributed by atoms with Crippen LogP contribution in [0.2, 0.25) is 0 Å². The third kappa shape index (κ3) is 3.07. The molecular formula is C23H18N2O. The van der Waals surface area contributed by atoms with E-state index in [4.69, 9.17) is 0 Å². The molecule has 26 heavy (non-hydrogen) atoms. The zero-order valence-corrected chi connectivity index (χ0v) is 14.4. The summed E-state index contributed by atoms with van der Waals surface area (Å²) in [4.78, 5) is 17.7. The number of para-hydroxylation sites is 2. The second kappa shape index (κ2) is 6.81. The third-order valence-corrected chi connectivity index (χ3v) is 4.40. The van der Waals surface area contributed by atoms with Gasteiger partial charge in [0.05, 0.1) is 11.1 Å². The SMILES string of the molecule is Cc1ccc(-c2cnc3ccccc3c2C(=O)Nc2ccccc2)cc1. The predicted octanol–water partition coefficient (Wildman–Crippen LogP) is 5.46. The number of aryl methyl sites for hydroxylation is 1. The van der Waals surface area contributed by atoms with E-state index in [2.05, 4.69) is 10.3 Å². The van der Waals surface area contributed by atoms with Gasteiger partial charge >= 0.3 is 0 Å². The number of fused-ring (bicyclic) bond motifs is 1. The second-order valence-electron chi connectivity index (χ2n) is 6.25. The van der Waals surface area contributed by atoms with E-state index in [1.54, 1.807) is 6.20 Å². The first-order chi connectivity index (χ1) is 12.7. The van der Waals surface area contributed by atoms with Crippen molar-refractivity contribution in [3.8, 4) is 11.1 Å². The average molecular weight is 338 g/mol. The number of pyridine rings is 1. The van der Waals surface area contributed by atoms with Crippen molar-refractivity contribution in [2.75, 3.05) is 5.32 Å². The number of aromatic nitrogens is 1. The van der Waals surface area contributed by atoms with Gasteiger partial charge in [-0.25, -0.2) is 0 Å². The van der Waals surface area contributed by atoms with Gasteiger partial charge in [0.2, 0.25) is 0 Å². The van der Waals surface area contributed by atoms with E-state index in [-0.39, 0.29) is 5.91 Å². The molecule has 3 aromatic carbocycles. The van der Waals surface area contributed by atoms with Crippen molar-refractivity contribution in [2.24, 2.45) is 0 Å². The third-order valence-electron chi connectivity index (χ3n) is 4.40. The van der Waals surface area contributed by atoms with Gasteiger partial charge in [0, 0.05) is 22.8 Å². The van der Waals surface area contributed by atoms with Crippen LogP contribution in [0.3, 0.4) is 0 Å². The van der Waals surface area contributed by atoms with Crippen molar-refractivity contribution in [2.45, 2.75) is 6.92 Å². The molecule has 1 aromatic heterocycles. The lowest BCUT2D eigenvalue weighted by atomic mass is 9.96. The van der Waals surface area contributed by atoms with Gasteiger partial charge in [-0.3, -0.25) is 9.78 Å². The van der Waals surface area contributed by atoms with Crippen molar-refractivity contribution < 1.29 is 4.79 Å². The number of hydrogen-bond acceptors (Lipinski definition) is 2. The quantitative estimate of drug-likeness (QED) is 0.539. The van der Waals surface area contributed by atoms with Crippen LogP contribution >= 0.6 is 0 Å². The summed E-state index contributed by atoms with van der Waals surface area (Å²) in [5.41, 5.74) is 5.21. The molecular weight excluding hydrogens is 320 g/mol. The lowest BCUT2D eigenvalue weighted by Gasteiger charge is -2.13. The number of benzene rings is 3. The topological polar surface area (TPSA) is 42.0 Å². The van der Waals surface area contributed by atoms with Crippen molar-refractivity contribution >= 4 is 22.5 Å². The molecule has 3 heteroatoms. The number of rotatable bonds is 3. The van der Waals surface area contributed by atoms with E-state index in [9.17, 15) is 4.79 Å². The van der Waals surface area contributed by atoms with Crippen LogP contribution in [0.4, 0.5) is 5.69 Å². The summed E-state index contributed by atoms with van der Waals surface area (Å²) in [5.74, 6) is -0.134. The maximum atomic E-state index is 13.2. The first-order valence-corrected chi connectivity index (χ1v) is 8.53. The smallest absolute Gasteiger partial charge is 0.257 e. The molecule has 1 amide bonds. The van der Waals surface area contributed by atoms with Crippen LogP contribution in [0, 0.1) is 6.92 Å². The highest BCUT2D eigenvalue weighted by atomic mass is 16.1. The summed E-state index contributed by atoms with van der Waals surface area (Å²) in [5, 5.41) is 3.85. The van der Waals surface area contributed by atoms with Crippen LogP contribution in [0.1, 0.15) is 15.9 Å². The van der Waals surface area contributed by atoms with E-state index >= 15 is 0 Å². The Bertz CT molecular complexity index is 1070. The number of nitrogens with one attached hydrogen (secondary N) is 1. The molecule has 0 saturated carbocycles. The number of anilines is 1. The van der Waals surface area contributed by atoms with E-state index in [1.807, 2.05) is 85.8 Å². The first kappa shape index (κ1) is 16.0. The number of hydrogen-bond donors (Lipinski definition) is 1. The number of nitrogens with zero attached hydrogens (tertiary/aromatic N) is 1. The van der Waals surface area contributed by atoms with Crippen molar-refractivity contribution in [3.05, 3.63) is 96.2 Å². The summed E-state index contributed by atoms with van der Waals surface area (Å²) in [6.07, 6.45) is 1.78. The van der Waals surface area contributed by atoms with Gasteiger partial charge in [0.1, 0.15) is 0 Å². The number of amides is 1. The van der Waals surface area contributed by atoms with E-state index in [0.717, 1.165) is 27.7 Å². The summed E-state index contributed by atoms with van der Waals surface area (Å²) in [6.45, 7) is 2.05. The number of carbonyl (C=O) groups excluding carboxylic acids is 1. The molecule has 3 nitrogen and oxygen atoms in total. The second-order valence-corrected chi connectivity index (χ2v) is 6.25. The first-order valence-electron chi connectivity index (χ1n) is 8.53. The summed E-state index contributed by atoms with van der Waals surface area (Å²) in [6, 6.07) is 25.4. The van der Waals surface area contributed by atoms with E-state index < -0.39 is 0 Å². The number of carbonyl (C=O) groups is 1. The molecule has 126 valence electrons. The molecule has 0 aliphatic heterocycles. The van der Waals surface area contributed by atoms with Crippen molar-refractivity contribution in [1.29, 1.82) is 0 Å². The fourth-order valence-electron chi connectivity index (χ4n) is 3.05. The molecule has 1 heterocycles. The summed E-state index contributed by atoms with van der Waals surface area (Å²) in [7, 11) is 0. The lowest BCUT2D eigenvalue weighted by Crippen LogP contribution is -2.14. The Balaban J connectivity index is 1.88. The van der Waals surface area contributed by atoms with Gasteiger partial charge in [0.25, 0.3) is 5.91 Å². The fraction of sp³-hybridized carbons (Fsp3) is 0.0435. The molecule has 0 fully saturated rings. The minimum absolute atomic E-state index is 0.134. The van der Waals surface area contributed by atoms with Crippen LogP contribution in [-0.4, -0.2) is 10.9 Å². The van der Waals surface area contributed by atoms with Crippen molar-refractivity contribution in [3.63, 3.8) is 0 Å². The zero-order chi connectivity index (χ0) is 17.9. The van der Waals surface area contributed by atoms with Crippen LogP contribution in [-0.2, 0) is 0 Å². The monoisotopic (exact) mass is 338 g/mol. The Morgan fingerprint density at radius 1 is 0.846 bits per heavy atom. The van der Waals surface area contributed by atoms with Crippen LogP contribution in [0.25, 0.3) is 22.0 Å². The van der Waals surface area contributed by atoms with Gasteiger partial charge in [-0.15, -0.1) is 0 Å². The van der Waals surface area contributed by atoms with Crippen LogP contribution < -0.4 is 5.32 Å².